The smallest absolute Gasteiger partial charge is 0.223 e. The highest BCUT2D eigenvalue weighted by atomic mass is 16.5. The Hall–Kier alpha value is -0.650. The van der Waals surface area contributed by atoms with Crippen LogP contribution in [0.5, 0.6) is 0 Å². The van der Waals surface area contributed by atoms with Gasteiger partial charge in [-0.1, -0.05) is 0 Å². The zero-order chi connectivity index (χ0) is 11.1. The van der Waals surface area contributed by atoms with Gasteiger partial charge in [0.15, 0.2) is 0 Å². The van der Waals surface area contributed by atoms with Crippen LogP contribution in [-0.4, -0.2) is 50.5 Å². The SMILES string of the molecule is COCC(O)CNCCNC(=O)C1CC1. The van der Waals surface area contributed by atoms with Crippen LogP contribution < -0.4 is 10.6 Å². The first-order valence-corrected chi connectivity index (χ1v) is 5.39. The summed E-state index contributed by atoms with van der Waals surface area (Å²) in [6.45, 7) is 2.13. The third-order valence-electron chi connectivity index (χ3n) is 2.29. The number of rotatable bonds is 8. The van der Waals surface area contributed by atoms with Crippen molar-refractivity contribution in [3.05, 3.63) is 0 Å². The monoisotopic (exact) mass is 216 g/mol. The second-order valence-corrected chi connectivity index (χ2v) is 3.88. The van der Waals surface area contributed by atoms with E-state index in [1.807, 2.05) is 0 Å². The van der Waals surface area contributed by atoms with Crippen LogP contribution in [0.3, 0.4) is 0 Å². The van der Waals surface area contributed by atoms with Crippen LogP contribution in [0.1, 0.15) is 12.8 Å². The highest BCUT2D eigenvalue weighted by Crippen LogP contribution is 2.28. The molecule has 1 rings (SSSR count). The number of carbonyl (C=O) groups excluding carboxylic acids is 1. The Morgan fingerprint density at radius 2 is 2.27 bits per heavy atom. The minimum Gasteiger partial charge on any atom is -0.389 e. The maximum absolute atomic E-state index is 11.2. The summed E-state index contributed by atoms with van der Waals surface area (Å²) in [5, 5.41) is 15.2. The molecule has 5 nitrogen and oxygen atoms in total. The summed E-state index contributed by atoms with van der Waals surface area (Å²) < 4.78 is 4.78. The lowest BCUT2D eigenvalue weighted by molar-refractivity contribution is -0.122. The fourth-order valence-corrected chi connectivity index (χ4v) is 1.28. The molecule has 0 aromatic carbocycles. The zero-order valence-corrected chi connectivity index (χ0v) is 9.16. The van der Waals surface area contributed by atoms with Crippen LogP contribution in [0.2, 0.25) is 0 Å². The molecule has 0 bridgehead atoms. The van der Waals surface area contributed by atoms with Crippen molar-refractivity contribution in [1.82, 2.24) is 10.6 Å². The molecule has 0 aromatic heterocycles. The first-order valence-electron chi connectivity index (χ1n) is 5.39. The number of carbonyl (C=O) groups is 1. The lowest BCUT2D eigenvalue weighted by Gasteiger charge is -2.10. The molecule has 5 heteroatoms. The Balaban J connectivity index is 1.85. The molecule has 1 atom stereocenters. The third-order valence-corrected chi connectivity index (χ3v) is 2.29. The molecule has 3 N–H and O–H groups in total. The number of nitrogens with one attached hydrogen (secondary N) is 2. The summed E-state index contributed by atoms with van der Waals surface area (Å²) in [4.78, 5) is 11.2. The number of aliphatic hydroxyl groups is 1. The van der Waals surface area contributed by atoms with Gasteiger partial charge in [0.1, 0.15) is 0 Å². The first kappa shape index (κ1) is 12.4. The predicted molar refractivity (Wildman–Crippen MR) is 56.5 cm³/mol. The number of methoxy groups -OCH3 is 1. The average Bonchev–Trinajstić information content (AvgIpc) is 3.00. The minimum absolute atomic E-state index is 0.161. The molecule has 1 aliphatic carbocycles. The molecule has 0 heterocycles. The predicted octanol–water partition coefficient (Wildman–Crippen LogP) is -0.890. The van der Waals surface area contributed by atoms with Crippen molar-refractivity contribution in [2.45, 2.75) is 18.9 Å². The molecule has 88 valence electrons. The van der Waals surface area contributed by atoms with Crippen molar-refractivity contribution in [3.63, 3.8) is 0 Å². The minimum atomic E-state index is -0.478. The van der Waals surface area contributed by atoms with Crippen LogP contribution in [-0.2, 0) is 9.53 Å². The molecule has 1 saturated carbocycles. The standard InChI is InChI=1S/C10H20N2O3/c1-15-7-9(13)6-11-4-5-12-10(14)8-2-3-8/h8-9,11,13H,2-7H2,1H3,(H,12,14). The van der Waals surface area contributed by atoms with E-state index in [0.29, 0.717) is 26.2 Å². The Labute approximate surface area is 90.2 Å². The average molecular weight is 216 g/mol. The summed E-state index contributed by atoms with van der Waals surface area (Å²) in [5.74, 6) is 0.429. The molecule has 0 saturated heterocycles. The highest BCUT2D eigenvalue weighted by Gasteiger charge is 2.28. The van der Waals surface area contributed by atoms with Crippen LogP contribution in [0.4, 0.5) is 0 Å². The van der Waals surface area contributed by atoms with E-state index in [0.717, 1.165) is 12.8 Å². The summed E-state index contributed by atoms with van der Waals surface area (Å²) in [6, 6.07) is 0. The van der Waals surface area contributed by atoms with Gasteiger partial charge in [-0.25, -0.2) is 0 Å². The van der Waals surface area contributed by atoms with Crippen LogP contribution in [0.15, 0.2) is 0 Å². The van der Waals surface area contributed by atoms with Crippen molar-refractivity contribution < 1.29 is 14.6 Å². The van der Waals surface area contributed by atoms with E-state index in [9.17, 15) is 9.90 Å². The van der Waals surface area contributed by atoms with E-state index in [1.54, 1.807) is 7.11 Å². The Bertz CT molecular complexity index is 195. The molecule has 0 radical (unpaired) electrons. The normalized spacial score (nSPS) is 17.5. The van der Waals surface area contributed by atoms with Crippen LogP contribution in [0, 0.1) is 5.92 Å². The van der Waals surface area contributed by atoms with Crippen molar-refractivity contribution in [2.75, 3.05) is 33.4 Å². The number of hydrogen-bond acceptors (Lipinski definition) is 4. The maximum Gasteiger partial charge on any atom is 0.223 e. The van der Waals surface area contributed by atoms with Gasteiger partial charge in [0.25, 0.3) is 0 Å². The molecule has 1 fully saturated rings. The van der Waals surface area contributed by atoms with Crippen molar-refractivity contribution in [3.8, 4) is 0 Å². The highest BCUT2D eigenvalue weighted by molar-refractivity contribution is 5.80. The summed E-state index contributed by atoms with van der Waals surface area (Å²) in [6.07, 6.45) is 1.59. The van der Waals surface area contributed by atoms with Gasteiger partial charge in [-0.05, 0) is 12.8 Å². The van der Waals surface area contributed by atoms with E-state index in [-0.39, 0.29) is 11.8 Å². The van der Waals surface area contributed by atoms with Gasteiger partial charge < -0.3 is 20.5 Å². The molecule has 1 aliphatic rings. The second-order valence-electron chi connectivity index (χ2n) is 3.88. The Kier molecular flexibility index (Phi) is 5.60. The third kappa shape index (κ3) is 5.71. The lowest BCUT2D eigenvalue weighted by atomic mass is 10.3. The van der Waals surface area contributed by atoms with Crippen LogP contribution in [0.25, 0.3) is 0 Å². The quantitative estimate of drug-likeness (QED) is 0.460. The fourth-order valence-electron chi connectivity index (χ4n) is 1.28. The molecular formula is C10H20N2O3. The van der Waals surface area contributed by atoms with Gasteiger partial charge in [0.05, 0.1) is 12.7 Å². The van der Waals surface area contributed by atoms with Crippen LogP contribution >= 0.6 is 0 Å². The van der Waals surface area contributed by atoms with Gasteiger partial charge in [0, 0.05) is 32.7 Å². The lowest BCUT2D eigenvalue weighted by Crippen LogP contribution is -2.36. The molecular weight excluding hydrogens is 196 g/mol. The Morgan fingerprint density at radius 1 is 1.53 bits per heavy atom. The van der Waals surface area contributed by atoms with E-state index in [4.69, 9.17) is 4.74 Å². The molecule has 0 spiro atoms. The molecule has 1 unspecified atom stereocenters. The van der Waals surface area contributed by atoms with E-state index in [1.165, 1.54) is 0 Å². The van der Waals surface area contributed by atoms with Crippen molar-refractivity contribution >= 4 is 5.91 Å². The summed E-state index contributed by atoms with van der Waals surface area (Å²) in [7, 11) is 1.55. The van der Waals surface area contributed by atoms with Gasteiger partial charge >= 0.3 is 0 Å². The van der Waals surface area contributed by atoms with Crippen molar-refractivity contribution in [2.24, 2.45) is 5.92 Å². The topological polar surface area (TPSA) is 70.6 Å². The van der Waals surface area contributed by atoms with E-state index >= 15 is 0 Å². The second kappa shape index (κ2) is 6.76. The first-order chi connectivity index (χ1) is 7.24. The Morgan fingerprint density at radius 3 is 2.87 bits per heavy atom. The maximum atomic E-state index is 11.2. The molecule has 1 amide bonds. The van der Waals surface area contributed by atoms with E-state index < -0.39 is 6.10 Å². The molecule has 15 heavy (non-hydrogen) atoms. The van der Waals surface area contributed by atoms with Gasteiger partial charge in [-0.2, -0.15) is 0 Å². The largest absolute Gasteiger partial charge is 0.389 e. The molecule has 0 aromatic rings. The number of hydrogen-bond donors (Lipinski definition) is 3. The number of ether oxygens (including phenoxy) is 1. The summed E-state index contributed by atoms with van der Waals surface area (Å²) in [5.41, 5.74) is 0. The fraction of sp³-hybridized carbons (Fsp3) is 0.900. The number of aliphatic hydroxyl groups excluding tert-OH is 1. The van der Waals surface area contributed by atoms with Gasteiger partial charge in [-0.15, -0.1) is 0 Å². The van der Waals surface area contributed by atoms with E-state index in [2.05, 4.69) is 10.6 Å². The molecule has 0 aliphatic heterocycles. The zero-order valence-electron chi connectivity index (χ0n) is 9.16. The number of amides is 1. The van der Waals surface area contributed by atoms with Gasteiger partial charge in [0.2, 0.25) is 5.91 Å². The van der Waals surface area contributed by atoms with Gasteiger partial charge in [-0.3, -0.25) is 4.79 Å². The van der Waals surface area contributed by atoms with Crippen molar-refractivity contribution in [1.29, 1.82) is 0 Å². The summed E-state index contributed by atoms with van der Waals surface area (Å²) >= 11 is 0.